The van der Waals surface area contributed by atoms with Gasteiger partial charge in [0.15, 0.2) is 0 Å². The fourth-order valence-electron chi connectivity index (χ4n) is 1.57. The van der Waals surface area contributed by atoms with Crippen molar-refractivity contribution in [2.24, 2.45) is 0 Å². The lowest BCUT2D eigenvalue weighted by molar-refractivity contribution is -0.118. The lowest BCUT2D eigenvalue weighted by atomic mass is 10.2. The van der Waals surface area contributed by atoms with Crippen molar-refractivity contribution in [2.75, 3.05) is 31.3 Å². The van der Waals surface area contributed by atoms with Gasteiger partial charge in [0.25, 0.3) is 0 Å². The molecule has 0 fully saturated rings. The van der Waals surface area contributed by atoms with Gasteiger partial charge in [-0.05, 0) is 24.3 Å². The summed E-state index contributed by atoms with van der Waals surface area (Å²) in [6.45, 7) is -0.236. The number of anilines is 1. The van der Waals surface area contributed by atoms with E-state index in [1.807, 2.05) is 6.07 Å². The average Bonchev–Trinajstić information content (AvgIpc) is 2.40. The van der Waals surface area contributed by atoms with Gasteiger partial charge in [0.1, 0.15) is 5.82 Å². The number of hydrogen-bond acceptors (Lipinski definition) is 4. The fraction of sp³-hybridized carbons (Fsp3) is 0.385. The van der Waals surface area contributed by atoms with Crippen molar-refractivity contribution in [2.45, 2.75) is 6.42 Å². The number of nitrogens with zero attached hydrogens (tertiary/aromatic N) is 3. The van der Waals surface area contributed by atoms with E-state index < -0.39 is 21.7 Å². The molecule has 0 N–H and O–H groups in total. The van der Waals surface area contributed by atoms with Crippen molar-refractivity contribution in [3.8, 4) is 6.07 Å². The number of sulfonamides is 1. The molecular formula is C13H16FN3O3S. The molecule has 8 heteroatoms. The number of amides is 1. The van der Waals surface area contributed by atoms with E-state index >= 15 is 0 Å². The number of benzene rings is 1. The summed E-state index contributed by atoms with van der Waals surface area (Å²) in [6.07, 6.45) is 1.09. The molecule has 0 radical (unpaired) electrons. The van der Waals surface area contributed by atoms with E-state index in [9.17, 15) is 17.6 Å². The van der Waals surface area contributed by atoms with Crippen LogP contribution in [-0.2, 0) is 14.8 Å². The van der Waals surface area contributed by atoms with Crippen LogP contribution in [-0.4, -0.2) is 45.0 Å². The van der Waals surface area contributed by atoms with Gasteiger partial charge in [-0.2, -0.15) is 9.57 Å². The number of halogens is 1. The Morgan fingerprint density at radius 2 is 1.90 bits per heavy atom. The number of carbonyl (C=O) groups excluding carboxylic acids is 1. The van der Waals surface area contributed by atoms with E-state index in [2.05, 4.69) is 0 Å². The highest BCUT2D eigenvalue weighted by Crippen LogP contribution is 2.16. The summed E-state index contributed by atoms with van der Waals surface area (Å²) in [7, 11) is -2.19. The molecule has 114 valence electrons. The number of carbonyl (C=O) groups is 1. The Hall–Kier alpha value is -1.98. The van der Waals surface area contributed by atoms with E-state index in [-0.39, 0.29) is 19.5 Å². The van der Waals surface area contributed by atoms with E-state index in [1.54, 1.807) is 0 Å². The molecule has 0 aliphatic rings. The molecule has 1 aromatic rings. The van der Waals surface area contributed by atoms with Crippen molar-refractivity contribution in [1.82, 2.24) is 4.31 Å². The number of likely N-dealkylation sites (N-methyl/N-ethyl adjacent to an activating group) is 1. The van der Waals surface area contributed by atoms with Crippen LogP contribution in [0.5, 0.6) is 0 Å². The van der Waals surface area contributed by atoms with Crippen molar-refractivity contribution in [3.63, 3.8) is 0 Å². The summed E-state index contributed by atoms with van der Waals surface area (Å²) in [5.41, 5.74) is 0.415. The van der Waals surface area contributed by atoms with Crippen LogP contribution in [0.3, 0.4) is 0 Å². The SMILES string of the molecule is CN(CC(=O)N(CCC#N)c1ccc(F)cc1)S(C)(=O)=O. The third-order valence-electron chi connectivity index (χ3n) is 2.81. The van der Waals surface area contributed by atoms with Crippen LogP contribution in [0.4, 0.5) is 10.1 Å². The summed E-state index contributed by atoms with van der Waals surface area (Å²) in [6, 6.07) is 7.13. The first kappa shape index (κ1) is 17.1. The molecule has 1 aromatic carbocycles. The number of rotatable bonds is 6. The molecule has 0 heterocycles. The monoisotopic (exact) mass is 313 g/mol. The van der Waals surface area contributed by atoms with E-state index in [0.717, 1.165) is 10.6 Å². The first-order valence-electron chi connectivity index (χ1n) is 6.10. The normalized spacial score (nSPS) is 11.2. The van der Waals surface area contributed by atoms with Crippen LogP contribution < -0.4 is 4.90 Å². The van der Waals surface area contributed by atoms with Crippen LogP contribution in [0.2, 0.25) is 0 Å². The second kappa shape index (κ2) is 7.15. The van der Waals surface area contributed by atoms with Crippen molar-refractivity contribution in [1.29, 1.82) is 5.26 Å². The zero-order chi connectivity index (χ0) is 16.0. The number of nitriles is 1. The molecule has 0 saturated heterocycles. The third kappa shape index (κ3) is 5.13. The van der Waals surface area contributed by atoms with Crippen molar-refractivity contribution in [3.05, 3.63) is 30.1 Å². The Kier molecular flexibility index (Phi) is 5.81. The van der Waals surface area contributed by atoms with E-state index in [0.29, 0.717) is 5.69 Å². The molecule has 0 aliphatic heterocycles. The van der Waals surface area contributed by atoms with Gasteiger partial charge < -0.3 is 4.90 Å². The minimum atomic E-state index is -3.48. The summed E-state index contributed by atoms with van der Waals surface area (Å²) >= 11 is 0. The maximum atomic E-state index is 12.9. The molecule has 0 aromatic heterocycles. The summed E-state index contributed by atoms with van der Waals surface area (Å²) in [4.78, 5) is 13.5. The zero-order valence-electron chi connectivity index (χ0n) is 11.8. The molecule has 1 rings (SSSR count). The lowest BCUT2D eigenvalue weighted by Crippen LogP contribution is -2.41. The first-order valence-corrected chi connectivity index (χ1v) is 7.94. The Morgan fingerprint density at radius 1 is 1.33 bits per heavy atom. The summed E-state index contributed by atoms with van der Waals surface area (Å²) in [5, 5.41) is 8.64. The van der Waals surface area contributed by atoms with Crippen LogP contribution in [0.1, 0.15) is 6.42 Å². The maximum absolute atomic E-state index is 12.9. The van der Waals surface area contributed by atoms with Gasteiger partial charge in [-0.15, -0.1) is 0 Å². The van der Waals surface area contributed by atoms with Crippen LogP contribution >= 0.6 is 0 Å². The summed E-state index contributed by atoms with van der Waals surface area (Å²) < 4.78 is 36.5. The topological polar surface area (TPSA) is 81.5 Å². The van der Waals surface area contributed by atoms with Gasteiger partial charge in [-0.1, -0.05) is 0 Å². The minimum absolute atomic E-state index is 0.0890. The molecule has 6 nitrogen and oxygen atoms in total. The quantitative estimate of drug-likeness (QED) is 0.783. The minimum Gasteiger partial charge on any atom is -0.310 e. The van der Waals surface area contributed by atoms with Gasteiger partial charge in [-0.25, -0.2) is 12.8 Å². The molecule has 0 aliphatic carbocycles. The smallest absolute Gasteiger partial charge is 0.242 e. The lowest BCUT2D eigenvalue weighted by Gasteiger charge is -2.24. The highest BCUT2D eigenvalue weighted by atomic mass is 32.2. The highest BCUT2D eigenvalue weighted by molar-refractivity contribution is 7.88. The van der Waals surface area contributed by atoms with Gasteiger partial charge >= 0.3 is 0 Å². The Balaban J connectivity index is 2.94. The second-order valence-electron chi connectivity index (χ2n) is 4.45. The van der Waals surface area contributed by atoms with E-state index in [4.69, 9.17) is 5.26 Å². The molecule has 1 amide bonds. The average molecular weight is 313 g/mol. The molecule has 0 saturated carbocycles. The summed E-state index contributed by atoms with van der Waals surface area (Å²) in [5.74, 6) is -0.926. The van der Waals surface area contributed by atoms with Crippen molar-refractivity contribution < 1.29 is 17.6 Å². The molecule has 0 atom stereocenters. The highest BCUT2D eigenvalue weighted by Gasteiger charge is 2.21. The predicted molar refractivity (Wildman–Crippen MR) is 76.5 cm³/mol. The van der Waals surface area contributed by atoms with E-state index in [1.165, 1.54) is 36.2 Å². The predicted octanol–water partition coefficient (Wildman–Crippen LogP) is 0.964. The van der Waals surface area contributed by atoms with Gasteiger partial charge in [0, 0.05) is 19.3 Å². The molecule has 0 bridgehead atoms. The first-order chi connectivity index (χ1) is 9.75. The third-order valence-corrected chi connectivity index (χ3v) is 4.07. The largest absolute Gasteiger partial charge is 0.310 e. The zero-order valence-corrected chi connectivity index (χ0v) is 12.6. The van der Waals surface area contributed by atoms with Gasteiger partial charge in [0.05, 0.1) is 25.3 Å². The Morgan fingerprint density at radius 3 is 2.38 bits per heavy atom. The van der Waals surface area contributed by atoms with Crippen molar-refractivity contribution >= 4 is 21.6 Å². The standard InChI is InChI=1S/C13H16FN3O3S/c1-16(21(2,19)20)10-13(18)17(9-3-8-15)12-6-4-11(14)5-7-12/h4-7H,3,9-10H2,1-2H3. The molecule has 0 spiro atoms. The van der Waals surface area contributed by atoms with Crippen LogP contribution in [0.15, 0.2) is 24.3 Å². The second-order valence-corrected chi connectivity index (χ2v) is 6.54. The van der Waals surface area contributed by atoms with Gasteiger partial charge in [-0.3, -0.25) is 4.79 Å². The fourth-order valence-corrected chi connectivity index (χ4v) is 1.92. The molecular weight excluding hydrogens is 297 g/mol. The van der Waals surface area contributed by atoms with Gasteiger partial charge in [0.2, 0.25) is 15.9 Å². The molecule has 21 heavy (non-hydrogen) atoms. The Labute approximate surface area is 123 Å². The Bertz CT molecular complexity index is 638. The number of hydrogen-bond donors (Lipinski definition) is 0. The maximum Gasteiger partial charge on any atom is 0.242 e. The van der Waals surface area contributed by atoms with Crippen LogP contribution in [0, 0.1) is 17.1 Å². The molecule has 0 unspecified atom stereocenters. The van der Waals surface area contributed by atoms with Crippen LogP contribution in [0.25, 0.3) is 0 Å².